The Bertz CT molecular complexity index is 479. The molecule has 1 aromatic rings. The second-order valence-electron chi connectivity index (χ2n) is 7.16. The highest BCUT2D eigenvalue weighted by atomic mass is 14.7. The van der Waals surface area contributed by atoms with Crippen LogP contribution in [0.1, 0.15) is 48.8 Å². The van der Waals surface area contributed by atoms with Crippen molar-refractivity contribution in [3.63, 3.8) is 0 Å². The average Bonchev–Trinajstić information content (AvgIpc) is 3.13. The zero-order chi connectivity index (χ0) is 12.8. The summed E-state index contributed by atoms with van der Waals surface area (Å²) in [6.45, 7) is 0. The molecule has 1 heteroatoms. The standard InChI is InChI=1S/C18H25N/c19-18(17-10-12-5-7-16(17)9-12)11-13-4-6-14-2-1-3-15(14)8-13/h4,6,8,12,16-18H,1-3,5,7,9-11,19H2. The summed E-state index contributed by atoms with van der Waals surface area (Å²) in [7, 11) is 0. The van der Waals surface area contributed by atoms with E-state index in [0.717, 1.165) is 24.2 Å². The summed E-state index contributed by atoms with van der Waals surface area (Å²) in [6.07, 6.45) is 10.8. The first-order valence-electron chi connectivity index (χ1n) is 8.16. The quantitative estimate of drug-likeness (QED) is 0.879. The highest BCUT2D eigenvalue weighted by Crippen LogP contribution is 2.49. The maximum atomic E-state index is 6.54. The van der Waals surface area contributed by atoms with Gasteiger partial charge in [0.2, 0.25) is 0 Å². The fourth-order valence-corrected chi connectivity index (χ4v) is 4.99. The minimum atomic E-state index is 0.398. The summed E-state index contributed by atoms with van der Waals surface area (Å²) in [4.78, 5) is 0. The van der Waals surface area contributed by atoms with Gasteiger partial charge in [-0.1, -0.05) is 24.6 Å². The molecule has 3 aliphatic rings. The van der Waals surface area contributed by atoms with Crippen LogP contribution in [0, 0.1) is 17.8 Å². The van der Waals surface area contributed by atoms with Crippen LogP contribution in [0.25, 0.3) is 0 Å². The summed E-state index contributed by atoms with van der Waals surface area (Å²) in [5.74, 6) is 2.78. The fraction of sp³-hybridized carbons (Fsp3) is 0.667. The van der Waals surface area contributed by atoms with Crippen LogP contribution < -0.4 is 5.73 Å². The topological polar surface area (TPSA) is 26.0 Å². The molecular weight excluding hydrogens is 230 g/mol. The van der Waals surface area contributed by atoms with Gasteiger partial charge in [0.1, 0.15) is 0 Å². The van der Waals surface area contributed by atoms with Gasteiger partial charge in [-0.25, -0.2) is 0 Å². The van der Waals surface area contributed by atoms with E-state index in [1.807, 2.05) is 0 Å². The van der Waals surface area contributed by atoms with Crippen molar-refractivity contribution in [2.24, 2.45) is 23.5 Å². The van der Waals surface area contributed by atoms with Crippen molar-refractivity contribution in [3.8, 4) is 0 Å². The van der Waals surface area contributed by atoms with Crippen LogP contribution >= 0.6 is 0 Å². The summed E-state index contributed by atoms with van der Waals surface area (Å²) >= 11 is 0. The summed E-state index contributed by atoms with van der Waals surface area (Å²) in [6, 6.07) is 7.52. The van der Waals surface area contributed by atoms with E-state index >= 15 is 0 Å². The Balaban J connectivity index is 1.46. The molecule has 4 unspecified atom stereocenters. The van der Waals surface area contributed by atoms with Crippen molar-refractivity contribution in [1.29, 1.82) is 0 Å². The molecular formula is C18H25N. The number of hydrogen-bond acceptors (Lipinski definition) is 1. The first-order valence-corrected chi connectivity index (χ1v) is 8.16. The van der Waals surface area contributed by atoms with Crippen LogP contribution in [0.2, 0.25) is 0 Å². The van der Waals surface area contributed by atoms with E-state index in [1.54, 1.807) is 11.1 Å². The highest BCUT2D eigenvalue weighted by Gasteiger charge is 2.41. The molecule has 102 valence electrons. The number of fused-ring (bicyclic) bond motifs is 3. The molecule has 2 fully saturated rings. The molecule has 2 saturated carbocycles. The van der Waals surface area contributed by atoms with Gasteiger partial charge in [-0.05, 0) is 79.4 Å². The molecule has 3 aliphatic carbocycles. The van der Waals surface area contributed by atoms with Gasteiger partial charge in [0, 0.05) is 6.04 Å². The van der Waals surface area contributed by atoms with Crippen molar-refractivity contribution < 1.29 is 0 Å². The Kier molecular flexibility index (Phi) is 2.91. The third-order valence-corrected chi connectivity index (χ3v) is 5.98. The van der Waals surface area contributed by atoms with Crippen molar-refractivity contribution in [3.05, 3.63) is 34.9 Å². The van der Waals surface area contributed by atoms with E-state index in [2.05, 4.69) is 18.2 Å². The molecule has 2 bridgehead atoms. The van der Waals surface area contributed by atoms with Crippen molar-refractivity contribution >= 4 is 0 Å². The molecule has 0 spiro atoms. The largest absolute Gasteiger partial charge is 0.327 e. The lowest BCUT2D eigenvalue weighted by molar-refractivity contribution is 0.280. The second-order valence-corrected chi connectivity index (χ2v) is 7.16. The summed E-state index contributed by atoms with van der Waals surface area (Å²) in [5.41, 5.74) is 11.2. The molecule has 0 saturated heterocycles. The smallest absolute Gasteiger partial charge is 0.0110 e. The van der Waals surface area contributed by atoms with Gasteiger partial charge in [0.25, 0.3) is 0 Å². The Hall–Kier alpha value is -0.820. The number of nitrogens with two attached hydrogens (primary N) is 1. The number of benzene rings is 1. The second kappa shape index (κ2) is 4.63. The lowest BCUT2D eigenvalue weighted by atomic mass is 9.81. The highest BCUT2D eigenvalue weighted by molar-refractivity contribution is 5.35. The van der Waals surface area contributed by atoms with Gasteiger partial charge in [-0.15, -0.1) is 0 Å². The molecule has 1 aromatic carbocycles. The number of hydrogen-bond donors (Lipinski definition) is 1. The molecule has 0 aliphatic heterocycles. The molecule has 19 heavy (non-hydrogen) atoms. The van der Waals surface area contributed by atoms with Gasteiger partial charge < -0.3 is 5.73 Å². The van der Waals surface area contributed by atoms with Crippen LogP contribution in [-0.4, -0.2) is 6.04 Å². The van der Waals surface area contributed by atoms with E-state index < -0.39 is 0 Å². The molecule has 0 radical (unpaired) electrons. The third-order valence-electron chi connectivity index (χ3n) is 5.98. The van der Waals surface area contributed by atoms with Gasteiger partial charge >= 0.3 is 0 Å². The molecule has 0 amide bonds. The first kappa shape index (κ1) is 12.0. The van der Waals surface area contributed by atoms with Crippen LogP contribution in [0.15, 0.2) is 18.2 Å². The maximum Gasteiger partial charge on any atom is 0.0110 e. The van der Waals surface area contributed by atoms with Crippen LogP contribution in [0.4, 0.5) is 0 Å². The number of rotatable bonds is 3. The summed E-state index contributed by atoms with van der Waals surface area (Å²) < 4.78 is 0. The molecule has 0 aromatic heterocycles. The zero-order valence-electron chi connectivity index (χ0n) is 11.8. The zero-order valence-corrected chi connectivity index (χ0v) is 11.8. The Labute approximate surface area is 116 Å². The van der Waals surface area contributed by atoms with Crippen molar-refractivity contribution in [1.82, 2.24) is 0 Å². The molecule has 2 N–H and O–H groups in total. The molecule has 4 atom stereocenters. The van der Waals surface area contributed by atoms with Gasteiger partial charge in [-0.2, -0.15) is 0 Å². The summed E-state index contributed by atoms with van der Waals surface area (Å²) in [5, 5.41) is 0. The van der Waals surface area contributed by atoms with Gasteiger partial charge in [0.05, 0.1) is 0 Å². The minimum Gasteiger partial charge on any atom is -0.327 e. The van der Waals surface area contributed by atoms with Crippen LogP contribution in [-0.2, 0) is 19.3 Å². The van der Waals surface area contributed by atoms with E-state index in [0.29, 0.717) is 6.04 Å². The van der Waals surface area contributed by atoms with E-state index in [1.165, 1.54) is 50.5 Å². The van der Waals surface area contributed by atoms with Crippen molar-refractivity contribution in [2.75, 3.05) is 0 Å². The van der Waals surface area contributed by atoms with Gasteiger partial charge in [-0.3, -0.25) is 0 Å². The Morgan fingerprint density at radius 1 is 1.11 bits per heavy atom. The van der Waals surface area contributed by atoms with E-state index in [4.69, 9.17) is 5.73 Å². The van der Waals surface area contributed by atoms with E-state index in [9.17, 15) is 0 Å². The van der Waals surface area contributed by atoms with Crippen LogP contribution in [0.5, 0.6) is 0 Å². The maximum absolute atomic E-state index is 6.54. The first-order chi connectivity index (χ1) is 9.29. The minimum absolute atomic E-state index is 0.398. The van der Waals surface area contributed by atoms with E-state index in [-0.39, 0.29) is 0 Å². The predicted octanol–water partition coefficient (Wildman–Crippen LogP) is 3.48. The Morgan fingerprint density at radius 3 is 2.79 bits per heavy atom. The SMILES string of the molecule is NC(Cc1ccc2c(c1)CCC2)C1CC2CCC1C2. The van der Waals surface area contributed by atoms with Gasteiger partial charge in [0.15, 0.2) is 0 Å². The predicted molar refractivity (Wildman–Crippen MR) is 79.1 cm³/mol. The Morgan fingerprint density at radius 2 is 2.00 bits per heavy atom. The monoisotopic (exact) mass is 255 g/mol. The molecule has 0 heterocycles. The van der Waals surface area contributed by atoms with Crippen LogP contribution in [0.3, 0.4) is 0 Å². The molecule has 1 nitrogen and oxygen atoms in total. The lowest BCUT2D eigenvalue weighted by Gasteiger charge is -2.28. The van der Waals surface area contributed by atoms with Crippen molar-refractivity contribution in [2.45, 2.75) is 57.4 Å². The number of aryl methyl sites for hydroxylation is 2. The molecule has 4 rings (SSSR count). The fourth-order valence-electron chi connectivity index (χ4n) is 4.99. The third kappa shape index (κ3) is 2.12. The lowest BCUT2D eigenvalue weighted by Crippen LogP contribution is -2.35. The average molecular weight is 255 g/mol. The normalized spacial score (nSPS) is 33.6.